The predicted octanol–water partition coefficient (Wildman–Crippen LogP) is 5.91. The van der Waals surface area contributed by atoms with E-state index in [4.69, 9.17) is 9.47 Å². The highest BCUT2D eigenvalue weighted by atomic mass is 19.1. The molecule has 0 aromatic heterocycles. The van der Waals surface area contributed by atoms with Crippen LogP contribution in [-0.4, -0.2) is 51.8 Å². The van der Waals surface area contributed by atoms with E-state index in [9.17, 15) is 24.6 Å². The number of carbonyl (C=O) groups excluding carboxylic acids is 2. The first-order chi connectivity index (χ1) is 20.1. The summed E-state index contributed by atoms with van der Waals surface area (Å²) in [5.41, 5.74) is 0.963. The number of benzene rings is 2. The van der Waals surface area contributed by atoms with Gasteiger partial charge < -0.3 is 19.7 Å². The van der Waals surface area contributed by atoms with E-state index < -0.39 is 41.5 Å². The molecule has 2 aromatic carbocycles. The molecular formula is C33H38FNO7. The first-order valence-corrected chi connectivity index (χ1v) is 15.0. The third-order valence-electron chi connectivity index (χ3n) is 9.65. The summed E-state index contributed by atoms with van der Waals surface area (Å²) < 4.78 is 27.3. The van der Waals surface area contributed by atoms with Gasteiger partial charge in [0.15, 0.2) is 6.04 Å². The van der Waals surface area contributed by atoms with Crippen LogP contribution in [-0.2, 0) is 16.1 Å². The minimum atomic E-state index is -1.98. The maximum atomic E-state index is 15.7. The average Bonchev–Trinajstić information content (AvgIpc) is 3.78. The van der Waals surface area contributed by atoms with Gasteiger partial charge in [-0.15, -0.1) is 0 Å². The van der Waals surface area contributed by atoms with Crippen LogP contribution in [0.4, 0.5) is 9.18 Å². The van der Waals surface area contributed by atoms with Gasteiger partial charge in [-0.25, -0.2) is 18.9 Å². The highest BCUT2D eigenvalue weighted by molar-refractivity contribution is 6.06. The molecule has 2 atom stereocenters. The second-order valence-electron chi connectivity index (χ2n) is 13.1. The van der Waals surface area contributed by atoms with Crippen molar-refractivity contribution in [2.75, 3.05) is 6.61 Å². The molecule has 8 nitrogen and oxygen atoms in total. The first kappa shape index (κ1) is 28.6. The Morgan fingerprint density at radius 1 is 1.02 bits per heavy atom. The number of carboxylic acids is 1. The second kappa shape index (κ2) is 11.3. The SMILES string of the molecule is C[C@@H](O)[C@@H](C(=O)O)N(C(=O)OCc1ccccc1)C(=O)c1cc(C2CC2)c(OCC23CC4CC(CC(C4)C2)C3)cc1F. The zero-order valence-corrected chi connectivity index (χ0v) is 23.8. The second-order valence-corrected chi connectivity index (χ2v) is 13.1. The standard InChI is InChI=1S/C33H38FNO7/c1-19(36)29(31(38)39)35(32(40)41-17-20-5-3-2-4-6-20)30(37)26-12-25(24-7-8-24)28(13-27(26)34)42-18-33-14-21-9-22(15-33)11-23(10-21)16-33/h2-6,12-13,19,21-24,29,36H,7-11,14-18H2,1H3,(H,38,39)/t19-,21?,22?,23?,29+,33?/m1/s1. The summed E-state index contributed by atoms with van der Waals surface area (Å²) in [5, 5.41) is 20.1. The zero-order chi connectivity index (χ0) is 29.6. The van der Waals surface area contributed by atoms with E-state index in [2.05, 4.69) is 0 Å². The number of carbonyl (C=O) groups is 3. The van der Waals surface area contributed by atoms with Crippen molar-refractivity contribution in [2.24, 2.45) is 23.2 Å². The van der Waals surface area contributed by atoms with Crippen molar-refractivity contribution in [3.63, 3.8) is 0 Å². The summed E-state index contributed by atoms with van der Waals surface area (Å²) in [6, 6.07) is 9.28. The molecule has 2 N–H and O–H groups in total. The van der Waals surface area contributed by atoms with Crippen LogP contribution in [0, 0.1) is 29.0 Å². The molecule has 0 spiro atoms. The van der Waals surface area contributed by atoms with Gasteiger partial charge in [-0.1, -0.05) is 30.3 Å². The molecule has 0 heterocycles. The molecule has 5 aliphatic carbocycles. The predicted molar refractivity (Wildman–Crippen MR) is 150 cm³/mol. The van der Waals surface area contributed by atoms with Crippen LogP contribution in [0.3, 0.4) is 0 Å². The lowest BCUT2D eigenvalue weighted by molar-refractivity contribution is -0.145. The molecule has 5 fully saturated rings. The van der Waals surface area contributed by atoms with Crippen molar-refractivity contribution in [1.29, 1.82) is 0 Å². The normalized spacial score (nSPS) is 27.3. The van der Waals surface area contributed by atoms with Crippen LogP contribution in [0.15, 0.2) is 42.5 Å². The monoisotopic (exact) mass is 579 g/mol. The summed E-state index contributed by atoms with van der Waals surface area (Å²) in [6.07, 6.45) is 6.18. The Morgan fingerprint density at radius 3 is 2.19 bits per heavy atom. The number of hydrogen-bond donors (Lipinski definition) is 2. The third-order valence-corrected chi connectivity index (χ3v) is 9.65. The highest BCUT2D eigenvalue weighted by Gasteiger charge is 2.51. The van der Waals surface area contributed by atoms with Gasteiger partial charge in [0.2, 0.25) is 0 Å². The molecule has 5 saturated carbocycles. The van der Waals surface area contributed by atoms with Gasteiger partial charge in [-0.2, -0.15) is 0 Å². The molecule has 2 aromatic rings. The fraction of sp³-hybridized carbons (Fsp3) is 0.545. The topological polar surface area (TPSA) is 113 Å². The number of halogens is 1. The van der Waals surface area contributed by atoms with Gasteiger partial charge in [0.1, 0.15) is 18.2 Å². The number of rotatable bonds is 10. The van der Waals surface area contributed by atoms with E-state index in [0.29, 0.717) is 28.4 Å². The van der Waals surface area contributed by atoms with E-state index in [1.54, 1.807) is 30.3 Å². The number of aliphatic hydroxyl groups excluding tert-OH is 1. The van der Waals surface area contributed by atoms with Crippen molar-refractivity contribution < 1.29 is 38.5 Å². The van der Waals surface area contributed by atoms with Crippen molar-refractivity contribution in [3.05, 3.63) is 65.0 Å². The number of ether oxygens (including phenoxy) is 2. The Kier molecular flexibility index (Phi) is 7.72. The van der Waals surface area contributed by atoms with Crippen molar-refractivity contribution in [2.45, 2.75) is 83.0 Å². The Balaban J connectivity index is 1.26. The van der Waals surface area contributed by atoms with Crippen LogP contribution >= 0.6 is 0 Å². The number of amides is 2. The maximum Gasteiger partial charge on any atom is 0.418 e. The minimum absolute atomic E-state index is 0.0917. The number of nitrogens with zero attached hydrogens (tertiary/aromatic N) is 1. The molecule has 42 heavy (non-hydrogen) atoms. The number of aliphatic hydroxyl groups is 1. The Labute approximate surface area is 244 Å². The van der Waals surface area contributed by atoms with Crippen LogP contribution in [0.1, 0.15) is 85.7 Å². The van der Waals surface area contributed by atoms with Crippen LogP contribution in [0.5, 0.6) is 5.75 Å². The number of imide groups is 1. The highest BCUT2D eigenvalue weighted by Crippen LogP contribution is 2.60. The molecule has 2 amide bonds. The Hall–Kier alpha value is -3.46. The van der Waals surface area contributed by atoms with Gasteiger partial charge in [0.25, 0.3) is 5.91 Å². The molecule has 5 aliphatic rings. The van der Waals surface area contributed by atoms with E-state index in [0.717, 1.165) is 56.8 Å². The van der Waals surface area contributed by atoms with Crippen molar-refractivity contribution >= 4 is 18.0 Å². The van der Waals surface area contributed by atoms with E-state index >= 15 is 4.39 Å². The molecule has 224 valence electrons. The third kappa shape index (κ3) is 5.76. The Morgan fingerprint density at radius 2 is 1.64 bits per heavy atom. The molecule has 7 rings (SSSR count). The molecule has 9 heteroatoms. The molecule has 0 aliphatic heterocycles. The number of carboxylic acid groups (broad SMARTS) is 1. The van der Waals surface area contributed by atoms with Crippen LogP contribution in [0.2, 0.25) is 0 Å². The maximum absolute atomic E-state index is 15.7. The summed E-state index contributed by atoms with van der Waals surface area (Å²) in [7, 11) is 0. The zero-order valence-electron chi connectivity index (χ0n) is 23.8. The summed E-state index contributed by atoms with van der Waals surface area (Å²) in [5.74, 6) is -0.961. The fourth-order valence-electron chi connectivity index (χ4n) is 8.05. The lowest BCUT2D eigenvalue weighted by Crippen LogP contribution is -2.54. The Bertz CT molecular complexity index is 1320. The quantitative estimate of drug-likeness (QED) is 0.360. The van der Waals surface area contributed by atoms with Crippen LogP contribution in [0.25, 0.3) is 0 Å². The van der Waals surface area contributed by atoms with Crippen molar-refractivity contribution in [1.82, 2.24) is 4.90 Å². The van der Waals surface area contributed by atoms with Gasteiger partial charge >= 0.3 is 12.1 Å². The molecule has 0 saturated heterocycles. The lowest BCUT2D eigenvalue weighted by atomic mass is 9.50. The minimum Gasteiger partial charge on any atom is -0.493 e. The molecule has 4 bridgehead atoms. The smallest absolute Gasteiger partial charge is 0.418 e. The van der Waals surface area contributed by atoms with Crippen molar-refractivity contribution in [3.8, 4) is 5.75 Å². The average molecular weight is 580 g/mol. The number of aliphatic carboxylic acids is 1. The summed E-state index contributed by atoms with van der Waals surface area (Å²) >= 11 is 0. The van der Waals surface area contributed by atoms with E-state index in [1.165, 1.54) is 31.4 Å². The van der Waals surface area contributed by atoms with Gasteiger partial charge in [-0.3, -0.25) is 4.79 Å². The van der Waals surface area contributed by atoms with E-state index in [-0.39, 0.29) is 17.9 Å². The lowest BCUT2D eigenvalue weighted by Gasteiger charge is -2.56. The van der Waals surface area contributed by atoms with E-state index in [1.807, 2.05) is 0 Å². The van der Waals surface area contributed by atoms with Crippen LogP contribution < -0.4 is 4.74 Å². The largest absolute Gasteiger partial charge is 0.493 e. The van der Waals surface area contributed by atoms with Gasteiger partial charge in [0, 0.05) is 11.5 Å². The first-order valence-electron chi connectivity index (χ1n) is 15.0. The molecule has 0 unspecified atom stereocenters. The molecular weight excluding hydrogens is 541 g/mol. The van der Waals surface area contributed by atoms with Gasteiger partial charge in [0.05, 0.1) is 18.3 Å². The van der Waals surface area contributed by atoms with Gasteiger partial charge in [-0.05, 0) is 99.2 Å². The fourth-order valence-corrected chi connectivity index (χ4v) is 8.05. The number of hydrogen-bond acceptors (Lipinski definition) is 6. The summed E-state index contributed by atoms with van der Waals surface area (Å²) in [6.45, 7) is 1.43. The molecule has 0 radical (unpaired) electrons. The summed E-state index contributed by atoms with van der Waals surface area (Å²) in [4.78, 5) is 39.3.